The lowest BCUT2D eigenvalue weighted by molar-refractivity contribution is -0.133. The summed E-state index contributed by atoms with van der Waals surface area (Å²) >= 11 is 0. The van der Waals surface area contributed by atoms with Crippen molar-refractivity contribution < 1.29 is 13.9 Å². The molecule has 162 valence electrons. The second-order valence-corrected chi connectivity index (χ2v) is 8.06. The van der Waals surface area contributed by atoms with Crippen molar-refractivity contribution >= 4 is 11.6 Å². The van der Waals surface area contributed by atoms with Gasteiger partial charge in [-0.15, -0.1) is 0 Å². The molecule has 2 saturated heterocycles. The third-order valence-electron chi connectivity index (χ3n) is 6.20. The van der Waals surface area contributed by atoms with Crippen molar-refractivity contribution in [3.63, 3.8) is 0 Å². The molecule has 0 aliphatic carbocycles. The van der Waals surface area contributed by atoms with E-state index in [0.717, 1.165) is 30.7 Å². The van der Waals surface area contributed by atoms with E-state index >= 15 is 0 Å². The Morgan fingerprint density at radius 3 is 2.68 bits per heavy atom. The Balaban J connectivity index is 1.35. The molecule has 2 fully saturated rings. The van der Waals surface area contributed by atoms with Crippen LogP contribution in [0.25, 0.3) is 0 Å². The van der Waals surface area contributed by atoms with Crippen molar-refractivity contribution in [1.82, 2.24) is 9.80 Å². The van der Waals surface area contributed by atoms with Crippen LogP contribution in [0.4, 0.5) is 10.1 Å². The molecule has 0 radical (unpaired) electrons. The van der Waals surface area contributed by atoms with E-state index in [4.69, 9.17) is 10.00 Å². The molecule has 7 heteroatoms. The van der Waals surface area contributed by atoms with Crippen LogP contribution >= 0.6 is 0 Å². The standard InChI is InChI=1S/C24H27FN4O2/c1-31-20-5-2-4-19(15-20)22-6-3-9-29(22)24(30)17-27-10-12-28(13-11-27)23-8-7-18(16-26)14-21(23)25/h2,4-5,7-8,14-15,22H,3,6,9-13,17H2,1H3. The van der Waals surface area contributed by atoms with Gasteiger partial charge in [0.05, 0.1) is 37.0 Å². The third kappa shape index (κ3) is 4.64. The highest BCUT2D eigenvalue weighted by atomic mass is 19.1. The zero-order valence-corrected chi connectivity index (χ0v) is 17.8. The summed E-state index contributed by atoms with van der Waals surface area (Å²) in [5, 5.41) is 8.91. The van der Waals surface area contributed by atoms with Crippen molar-refractivity contribution in [2.75, 3.05) is 51.3 Å². The number of rotatable bonds is 5. The fraction of sp³-hybridized carbons (Fsp3) is 0.417. The van der Waals surface area contributed by atoms with Gasteiger partial charge in [0.1, 0.15) is 11.6 Å². The molecule has 6 nitrogen and oxygen atoms in total. The quantitative estimate of drug-likeness (QED) is 0.741. The number of carbonyl (C=O) groups is 1. The highest BCUT2D eigenvalue weighted by Gasteiger charge is 2.31. The predicted molar refractivity (Wildman–Crippen MR) is 116 cm³/mol. The van der Waals surface area contributed by atoms with Gasteiger partial charge in [0, 0.05) is 32.7 Å². The number of hydrogen-bond donors (Lipinski definition) is 0. The minimum atomic E-state index is -0.373. The Hall–Kier alpha value is -3.11. The first-order chi connectivity index (χ1) is 15.1. The summed E-state index contributed by atoms with van der Waals surface area (Å²) in [6, 6.07) is 14.6. The first-order valence-electron chi connectivity index (χ1n) is 10.7. The molecule has 2 aromatic carbocycles. The summed E-state index contributed by atoms with van der Waals surface area (Å²) in [6.07, 6.45) is 1.96. The molecule has 2 aliphatic heterocycles. The Morgan fingerprint density at radius 2 is 1.97 bits per heavy atom. The average Bonchev–Trinajstić information content (AvgIpc) is 3.30. The lowest BCUT2D eigenvalue weighted by atomic mass is 10.0. The largest absolute Gasteiger partial charge is 0.497 e. The zero-order chi connectivity index (χ0) is 21.8. The molecule has 0 bridgehead atoms. The monoisotopic (exact) mass is 422 g/mol. The number of ether oxygens (including phenoxy) is 1. The van der Waals surface area contributed by atoms with Crippen molar-refractivity contribution in [2.45, 2.75) is 18.9 Å². The van der Waals surface area contributed by atoms with Gasteiger partial charge in [0.2, 0.25) is 5.91 Å². The van der Waals surface area contributed by atoms with Gasteiger partial charge < -0.3 is 14.5 Å². The van der Waals surface area contributed by atoms with Gasteiger partial charge in [-0.3, -0.25) is 9.69 Å². The summed E-state index contributed by atoms with van der Waals surface area (Å²) in [5.41, 5.74) is 1.95. The van der Waals surface area contributed by atoms with Crippen LogP contribution in [-0.4, -0.2) is 62.1 Å². The highest BCUT2D eigenvalue weighted by Crippen LogP contribution is 2.33. The number of anilines is 1. The van der Waals surface area contributed by atoms with Crippen molar-refractivity contribution in [1.29, 1.82) is 5.26 Å². The predicted octanol–water partition coefficient (Wildman–Crippen LogP) is 3.19. The van der Waals surface area contributed by atoms with Crippen LogP contribution in [0.5, 0.6) is 5.75 Å². The summed E-state index contributed by atoms with van der Waals surface area (Å²) in [6.45, 7) is 3.85. The maximum absolute atomic E-state index is 14.3. The van der Waals surface area contributed by atoms with E-state index in [0.29, 0.717) is 44.0 Å². The minimum absolute atomic E-state index is 0.0941. The fourth-order valence-corrected chi connectivity index (χ4v) is 4.52. The molecular weight excluding hydrogens is 395 g/mol. The maximum Gasteiger partial charge on any atom is 0.237 e. The molecule has 4 rings (SSSR count). The lowest BCUT2D eigenvalue weighted by Gasteiger charge is -2.37. The topological polar surface area (TPSA) is 59.8 Å². The normalized spacial score (nSPS) is 19.3. The van der Waals surface area contributed by atoms with Crippen molar-refractivity contribution in [2.24, 2.45) is 0 Å². The summed E-state index contributed by atoms with van der Waals surface area (Å²) < 4.78 is 19.7. The number of nitrogens with zero attached hydrogens (tertiary/aromatic N) is 4. The smallest absolute Gasteiger partial charge is 0.237 e. The second-order valence-electron chi connectivity index (χ2n) is 8.06. The summed E-state index contributed by atoms with van der Waals surface area (Å²) in [7, 11) is 1.65. The van der Waals surface area contributed by atoms with E-state index in [1.807, 2.05) is 34.1 Å². The third-order valence-corrected chi connectivity index (χ3v) is 6.20. The molecule has 2 aromatic rings. The summed E-state index contributed by atoms with van der Waals surface area (Å²) in [4.78, 5) is 19.2. The van der Waals surface area contributed by atoms with Crippen LogP contribution < -0.4 is 9.64 Å². The Kier molecular flexibility index (Phi) is 6.38. The van der Waals surface area contributed by atoms with Gasteiger partial charge in [-0.2, -0.15) is 5.26 Å². The molecule has 1 unspecified atom stereocenters. The number of hydrogen-bond acceptors (Lipinski definition) is 5. The first kappa shape index (κ1) is 21.1. The van der Waals surface area contributed by atoms with E-state index < -0.39 is 0 Å². The molecule has 31 heavy (non-hydrogen) atoms. The Labute approximate surface area is 182 Å². The van der Waals surface area contributed by atoms with Gasteiger partial charge in [-0.25, -0.2) is 4.39 Å². The van der Waals surface area contributed by atoms with Crippen LogP contribution in [-0.2, 0) is 4.79 Å². The second kappa shape index (κ2) is 9.36. The van der Waals surface area contributed by atoms with Crippen LogP contribution in [0.1, 0.15) is 30.0 Å². The highest BCUT2D eigenvalue weighted by molar-refractivity contribution is 5.79. The first-order valence-corrected chi connectivity index (χ1v) is 10.7. The number of benzene rings is 2. The van der Waals surface area contributed by atoms with Crippen molar-refractivity contribution in [3.8, 4) is 11.8 Å². The Morgan fingerprint density at radius 1 is 1.16 bits per heavy atom. The van der Waals surface area contributed by atoms with Crippen LogP contribution in [0, 0.1) is 17.1 Å². The molecule has 1 atom stereocenters. The summed E-state index contributed by atoms with van der Waals surface area (Å²) in [5.74, 6) is 0.577. The average molecular weight is 423 g/mol. The van der Waals surface area contributed by atoms with Crippen molar-refractivity contribution in [3.05, 3.63) is 59.4 Å². The number of methoxy groups -OCH3 is 1. The number of likely N-dealkylation sites (tertiary alicyclic amines) is 1. The molecule has 2 aliphatic rings. The van der Waals surface area contributed by atoms with Crippen LogP contribution in [0.2, 0.25) is 0 Å². The zero-order valence-electron chi connectivity index (χ0n) is 17.8. The van der Waals surface area contributed by atoms with E-state index in [2.05, 4.69) is 11.0 Å². The number of nitriles is 1. The number of piperazine rings is 1. The Bertz CT molecular complexity index is 982. The number of amides is 1. The van der Waals surface area contributed by atoms with Gasteiger partial charge in [0.15, 0.2) is 0 Å². The molecule has 1 amide bonds. The molecule has 0 spiro atoms. The SMILES string of the molecule is COc1cccc(C2CCCN2C(=O)CN2CCN(c3ccc(C#N)cc3F)CC2)c1. The number of halogens is 1. The fourth-order valence-electron chi connectivity index (χ4n) is 4.52. The van der Waals surface area contributed by atoms with E-state index in [9.17, 15) is 9.18 Å². The molecule has 0 saturated carbocycles. The molecule has 0 aromatic heterocycles. The van der Waals surface area contributed by atoms with Crippen LogP contribution in [0.15, 0.2) is 42.5 Å². The minimum Gasteiger partial charge on any atom is -0.497 e. The van der Waals surface area contributed by atoms with Crippen LogP contribution in [0.3, 0.4) is 0 Å². The van der Waals surface area contributed by atoms with Gasteiger partial charge in [-0.1, -0.05) is 12.1 Å². The van der Waals surface area contributed by atoms with E-state index in [1.165, 1.54) is 6.07 Å². The lowest BCUT2D eigenvalue weighted by Crippen LogP contribution is -2.50. The maximum atomic E-state index is 14.3. The van der Waals surface area contributed by atoms with Gasteiger partial charge in [-0.05, 0) is 48.7 Å². The van der Waals surface area contributed by atoms with Gasteiger partial charge >= 0.3 is 0 Å². The molecular formula is C24H27FN4O2. The van der Waals surface area contributed by atoms with E-state index in [-0.39, 0.29) is 17.8 Å². The number of carbonyl (C=O) groups excluding carboxylic acids is 1. The molecule has 0 N–H and O–H groups in total. The molecule has 2 heterocycles. The van der Waals surface area contributed by atoms with Gasteiger partial charge in [0.25, 0.3) is 0 Å². The van der Waals surface area contributed by atoms with E-state index in [1.54, 1.807) is 19.2 Å².